The minimum Gasteiger partial charge on any atom is -0.352 e. The third-order valence-corrected chi connectivity index (χ3v) is 3.10. The highest BCUT2D eigenvalue weighted by atomic mass is 35.5. The number of alkyl halides is 1. The molecule has 1 rings (SSSR count). The molecular weight excluding hydrogens is 276 g/mol. The van der Waals surface area contributed by atoms with Crippen molar-refractivity contribution in [3.05, 3.63) is 34.6 Å². The van der Waals surface area contributed by atoms with Crippen molar-refractivity contribution in [2.45, 2.75) is 25.7 Å². The zero-order valence-electron chi connectivity index (χ0n) is 10.0. The van der Waals surface area contributed by atoms with Crippen LogP contribution in [0, 0.1) is 5.82 Å². The molecule has 0 aliphatic heterocycles. The quantitative estimate of drug-likeness (QED) is 0.597. The normalized spacial score (nSPS) is 10.4. The molecule has 0 aliphatic rings. The predicted molar refractivity (Wildman–Crippen MR) is 72.9 cm³/mol. The van der Waals surface area contributed by atoms with Gasteiger partial charge in [0.05, 0.1) is 10.6 Å². The van der Waals surface area contributed by atoms with E-state index in [2.05, 4.69) is 5.32 Å². The third-order valence-electron chi connectivity index (χ3n) is 2.52. The average molecular weight is 292 g/mol. The number of hydrogen-bond donors (Lipinski definition) is 1. The molecule has 1 aromatic carbocycles. The van der Waals surface area contributed by atoms with Gasteiger partial charge in [-0.3, -0.25) is 4.79 Å². The van der Waals surface area contributed by atoms with Crippen LogP contribution in [0.2, 0.25) is 5.02 Å². The van der Waals surface area contributed by atoms with Gasteiger partial charge in [0.2, 0.25) is 0 Å². The summed E-state index contributed by atoms with van der Waals surface area (Å²) >= 11 is 11.4. The Labute approximate surface area is 116 Å². The maximum absolute atomic E-state index is 12.8. The minimum absolute atomic E-state index is 0.134. The van der Waals surface area contributed by atoms with Gasteiger partial charge in [-0.05, 0) is 31.0 Å². The Kier molecular flexibility index (Phi) is 7.06. The maximum atomic E-state index is 12.8. The van der Waals surface area contributed by atoms with Crippen LogP contribution in [0.4, 0.5) is 4.39 Å². The van der Waals surface area contributed by atoms with Crippen molar-refractivity contribution in [3.8, 4) is 0 Å². The van der Waals surface area contributed by atoms with Gasteiger partial charge < -0.3 is 5.32 Å². The number of benzene rings is 1. The van der Waals surface area contributed by atoms with E-state index in [9.17, 15) is 9.18 Å². The van der Waals surface area contributed by atoms with E-state index in [1.165, 1.54) is 12.1 Å². The highest BCUT2D eigenvalue weighted by Crippen LogP contribution is 2.16. The van der Waals surface area contributed by atoms with E-state index >= 15 is 0 Å². The lowest BCUT2D eigenvalue weighted by Gasteiger charge is -2.06. The first-order chi connectivity index (χ1) is 8.65. The molecule has 0 unspecified atom stereocenters. The average Bonchev–Trinajstić information content (AvgIpc) is 2.33. The van der Waals surface area contributed by atoms with Gasteiger partial charge in [0.15, 0.2) is 0 Å². The van der Waals surface area contributed by atoms with Crippen molar-refractivity contribution in [2.24, 2.45) is 0 Å². The molecule has 0 heterocycles. The summed E-state index contributed by atoms with van der Waals surface area (Å²) in [5.74, 6) is -0.0349. The Morgan fingerprint density at radius 2 is 1.94 bits per heavy atom. The first-order valence-corrected chi connectivity index (χ1v) is 6.85. The highest BCUT2D eigenvalue weighted by Gasteiger charge is 2.09. The Balaban J connectivity index is 2.32. The number of hydrogen-bond acceptors (Lipinski definition) is 1. The molecule has 0 aliphatic carbocycles. The van der Waals surface area contributed by atoms with Crippen LogP contribution in [0.25, 0.3) is 0 Å². The van der Waals surface area contributed by atoms with E-state index in [4.69, 9.17) is 23.2 Å². The molecule has 5 heteroatoms. The number of rotatable bonds is 7. The van der Waals surface area contributed by atoms with Crippen LogP contribution in [0.5, 0.6) is 0 Å². The Morgan fingerprint density at radius 3 is 2.61 bits per heavy atom. The molecule has 1 aromatic rings. The van der Waals surface area contributed by atoms with Crippen molar-refractivity contribution in [2.75, 3.05) is 12.4 Å². The number of amides is 1. The Hall–Kier alpha value is -0.800. The zero-order chi connectivity index (χ0) is 13.4. The van der Waals surface area contributed by atoms with E-state index in [-0.39, 0.29) is 10.9 Å². The molecule has 1 N–H and O–H groups in total. The number of unbranched alkanes of at least 4 members (excludes halogenated alkanes) is 3. The van der Waals surface area contributed by atoms with Crippen LogP contribution in [-0.4, -0.2) is 18.3 Å². The molecule has 0 radical (unpaired) electrons. The monoisotopic (exact) mass is 291 g/mol. The van der Waals surface area contributed by atoms with E-state index in [0.717, 1.165) is 31.7 Å². The predicted octanol–water partition coefficient (Wildman–Crippen LogP) is 4.01. The molecule has 0 aromatic heterocycles. The van der Waals surface area contributed by atoms with Gasteiger partial charge in [0, 0.05) is 12.4 Å². The summed E-state index contributed by atoms with van der Waals surface area (Å²) in [5, 5.41) is 2.89. The fraction of sp³-hybridized carbons (Fsp3) is 0.462. The molecule has 0 bridgehead atoms. The third kappa shape index (κ3) is 5.23. The van der Waals surface area contributed by atoms with Crippen molar-refractivity contribution in [3.63, 3.8) is 0 Å². The molecule has 0 spiro atoms. The van der Waals surface area contributed by atoms with E-state index in [0.29, 0.717) is 18.0 Å². The summed E-state index contributed by atoms with van der Waals surface area (Å²) in [6, 6.07) is 3.75. The van der Waals surface area contributed by atoms with Crippen LogP contribution in [0.3, 0.4) is 0 Å². The minimum atomic E-state index is -0.447. The van der Waals surface area contributed by atoms with Crippen LogP contribution in [0.15, 0.2) is 18.2 Å². The summed E-state index contributed by atoms with van der Waals surface area (Å²) < 4.78 is 12.8. The van der Waals surface area contributed by atoms with Crippen molar-refractivity contribution < 1.29 is 9.18 Å². The number of nitrogens with one attached hydrogen (secondary N) is 1. The van der Waals surface area contributed by atoms with Gasteiger partial charge in [-0.2, -0.15) is 0 Å². The van der Waals surface area contributed by atoms with Crippen LogP contribution < -0.4 is 5.32 Å². The first kappa shape index (κ1) is 15.3. The summed E-state index contributed by atoms with van der Waals surface area (Å²) in [6.45, 7) is 0.592. The van der Waals surface area contributed by atoms with Crippen molar-refractivity contribution in [1.82, 2.24) is 5.32 Å². The molecule has 2 nitrogen and oxygen atoms in total. The second-order valence-corrected chi connectivity index (χ2v) is 4.77. The fourth-order valence-corrected chi connectivity index (χ4v) is 1.99. The number of carbonyl (C=O) groups is 1. The lowest BCUT2D eigenvalue weighted by molar-refractivity contribution is 0.0953. The Morgan fingerprint density at radius 1 is 1.22 bits per heavy atom. The highest BCUT2D eigenvalue weighted by molar-refractivity contribution is 6.33. The van der Waals surface area contributed by atoms with Crippen molar-refractivity contribution >= 4 is 29.1 Å². The van der Waals surface area contributed by atoms with Crippen LogP contribution in [-0.2, 0) is 0 Å². The number of carbonyl (C=O) groups excluding carboxylic acids is 1. The standard InChI is InChI=1S/C13H16Cl2FNO/c14-7-3-1-2-4-8-17-13(18)11-6-5-10(16)9-12(11)15/h5-6,9H,1-4,7-8H2,(H,17,18). The SMILES string of the molecule is O=C(NCCCCCCCl)c1ccc(F)cc1Cl. The molecule has 0 atom stereocenters. The molecule has 100 valence electrons. The maximum Gasteiger partial charge on any atom is 0.252 e. The van der Waals surface area contributed by atoms with E-state index < -0.39 is 5.82 Å². The second-order valence-electron chi connectivity index (χ2n) is 3.98. The molecule has 0 saturated heterocycles. The fourth-order valence-electron chi connectivity index (χ4n) is 1.54. The lowest BCUT2D eigenvalue weighted by Crippen LogP contribution is -2.24. The molecule has 18 heavy (non-hydrogen) atoms. The molecular formula is C13H16Cl2FNO. The van der Waals surface area contributed by atoms with Gasteiger partial charge in [-0.1, -0.05) is 24.4 Å². The van der Waals surface area contributed by atoms with Crippen molar-refractivity contribution in [1.29, 1.82) is 0 Å². The van der Waals surface area contributed by atoms with Gasteiger partial charge >= 0.3 is 0 Å². The first-order valence-electron chi connectivity index (χ1n) is 5.94. The summed E-state index contributed by atoms with van der Waals surface area (Å²) in [7, 11) is 0. The lowest BCUT2D eigenvalue weighted by atomic mass is 10.2. The van der Waals surface area contributed by atoms with Gasteiger partial charge in [0.25, 0.3) is 5.91 Å². The zero-order valence-corrected chi connectivity index (χ0v) is 11.5. The smallest absolute Gasteiger partial charge is 0.252 e. The van der Waals surface area contributed by atoms with E-state index in [1.54, 1.807) is 0 Å². The largest absolute Gasteiger partial charge is 0.352 e. The number of halogens is 3. The summed E-state index contributed by atoms with van der Waals surface area (Å²) in [4.78, 5) is 11.7. The molecule has 0 saturated carbocycles. The van der Waals surface area contributed by atoms with Crippen LogP contribution in [0.1, 0.15) is 36.0 Å². The summed E-state index contributed by atoms with van der Waals surface area (Å²) in [5.41, 5.74) is 0.304. The second kappa shape index (κ2) is 8.33. The topological polar surface area (TPSA) is 29.1 Å². The van der Waals surface area contributed by atoms with Crippen LogP contribution >= 0.6 is 23.2 Å². The molecule has 1 amide bonds. The van der Waals surface area contributed by atoms with Gasteiger partial charge in [0.1, 0.15) is 5.82 Å². The Bertz CT molecular complexity index is 399. The summed E-state index contributed by atoms with van der Waals surface area (Å²) in [6.07, 6.45) is 4.00. The van der Waals surface area contributed by atoms with Gasteiger partial charge in [-0.25, -0.2) is 4.39 Å². The van der Waals surface area contributed by atoms with E-state index in [1.807, 2.05) is 0 Å². The molecule has 0 fully saturated rings. The van der Waals surface area contributed by atoms with Gasteiger partial charge in [-0.15, -0.1) is 11.6 Å².